The van der Waals surface area contributed by atoms with Crippen LogP contribution in [0, 0.1) is 0 Å². The molecule has 2 N–H and O–H groups in total. The number of nitrogens with zero attached hydrogens (tertiary/aromatic N) is 4. The van der Waals surface area contributed by atoms with Gasteiger partial charge in [0.15, 0.2) is 11.5 Å². The van der Waals surface area contributed by atoms with E-state index in [9.17, 15) is 9.59 Å². The van der Waals surface area contributed by atoms with E-state index in [1.807, 2.05) is 57.0 Å². The van der Waals surface area contributed by atoms with Gasteiger partial charge in [0.25, 0.3) is 5.91 Å². The molecule has 4 aliphatic rings. The first-order valence-electron chi connectivity index (χ1n) is 14.1. The van der Waals surface area contributed by atoms with Crippen molar-refractivity contribution in [2.45, 2.75) is 64.8 Å². The first kappa shape index (κ1) is 27.8. The van der Waals surface area contributed by atoms with Crippen molar-refractivity contribution in [2.75, 3.05) is 39.5 Å². The van der Waals surface area contributed by atoms with E-state index in [0.717, 1.165) is 49.6 Å². The zero-order valence-corrected chi connectivity index (χ0v) is 23.8. The number of aromatic nitrogens is 1. The van der Waals surface area contributed by atoms with Crippen LogP contribution in [0.2, 0.25) is 0 Å². The van der Waals surface area contributed by atoms with Gasteiger partial charge >= 0.3 is 6.09 Å². The number of amides is 2. The van der Waals surface area contributed by atoms with Gasteiger partial charge in [-0.2, -0.15) is 0 Å². The number of likely N-dealkylation sites (tertiary alicyclic amines) is 1. The molecule has 1 aromatic rings. The predicted octanol–water partition coefficient (Wildman–Crippen LogP) is 2.72. The summed E-state index contributed by atoms with van der Waals surface area (Å²) in [5, 5.41) is 6.68. The quantitative estimate of drug-likeness (QED) is 0.528. The molecule has 2 amide bonds. The predicted molar refractivity (Wildman–Crippen MR) is 149 cm³/mol. The highest BCUT2D eigenvalue weighted by atomic mass is 16.6. The first-order chi connectivity index (χ1) is 19.2. The van der Waals surface area contributed by atoms with Crippen LogP contribution in [0.25, 0.3) is 0 Å². The molecule has 0 saturated carbocycles. The van der Waals surface area contributed by atoms with Crippen molar-refractivity contribution in [1.82, 2.24) is 30.3 Å². The Bertz CT molecular complexity index is 1200. The van der Waals surface area contributed by atoms with Gasteiger partial charge in [-0.25, -0.2) is 4.79 Å². The lowest BCUT2D eigenvalue weighted by Crippen LogP contribution is -2.53. The summed E-state index contributed by atoms with van der Waals surface area (Å²) < 4.78 is 17.1. The van der Waals surface area contributed by atoms with Crippen LogP contribution in [-0.4, -0.2) is 88.9 Å². The van der Waals surface area contributed by atoms with Gasteiger partial charge in [0.1, 0.15) is 18.8 Å². The van der Waals surface area contributed by atoms with Crippen molar-refractivity contribution in [1.29, 1.82) is 0 Å². The molecule has 5 heterocycles. The minimum Gasteiger partial charge on any atom is -0.486 e. The van der Waals surface area contributed by atoms with Gasteiger partial charge in [0, 0.05) is 44.0 Å². The maximum atomic E-state index is 13.4. The van der Waals surface area contributed by atoms with E-state index in [1.165, 1.54) is 0 Å². The summed E-state index contributed by atoms with van der Waals surface area (Å²) >= 11 is 0. The Hall–Kier alpha value is -3.73. The van der Waals surface area contributed by atoms with E-state index in [4.69, 9.17) is 14.2 Å². The molecule has 4 aliphatic heterocycles. The fourth-order valence-corrected chi connectivity index (χ4v) is 5.29. The Morgan fingerprint density at radius 2 is 1.98 bits per heavy atom. The number of rotatable bonds is 7. The number of hydrogen-bond donors (Lipinski definition) is 2. The van der Waals surface area contributed by atoms with Crippen LogP contribution in [0.3, 0.4) is 0 Å². The molecule has 40 heavy (non-hydrogen) atoms. The second kappa shape index (κ2) is 11.8. The second-order valence-electron chi connectivity index (χ2n) is 11.4. The van der Waals surface area contributed by atoms with Gasteiger partial charge in [0.2, 0.25) is 0 Å². The van der Waals surface area contributed by atoms with Gasteiger partial charge in [0.05, 0.1) is 42.5 Å². The van der Waals surface area contributed by atoms with Crippen molar-refractivity contribution < 1.29 is 23.8 Å². The highest BCUT2D eigenvalue weighted by Crippen LogP contribution is 2.31. The summed E-state index contributed by atoms with van der Waals surface area (Å²) in [7, 11) is 0. The van der Waals surface area contributed by atoms with Crippen molar-refractivity contribution in [3.8, 4) is 11.5 Å². The molecule has 1 unspecified atom stereocenters. The zero-order chi connectivity index (χ0) is 28.3. The number of piperidine rings is 1. The van der Waals surface area contributed by atoms with Crippen molar-refractivity contribution in [3.63, 3.8) is 0 Å². The number of ether oxygens (including phenoxy) is 3. The molecule has 216 valence electrons. The lowest BCUT2D eigenvalue weighted by molar-refractivity contribution is -0.127. The van der Waals surface area contributed by atoms with E-state index in [-0.39, 0.29) is 24.1 Å². The van der Waals surface area contributed by atoms with E-state index in [1.54, 1.807) is 17.2 Å². The molecule has 0 aliphatic carbocycles. The highest BCUT2D eigenvalue weighted by molar-refractivity contribution is 5.91. The number of hydrogen-bond acceptors (Lipinski definition) is 9. The SMILES string of the molecule is CCNC1=CNC2C=CC(=O)N(CN3CCC(N(Cc4cc5c(cn4)OCCO5)C(=O)OC(C)(C)C)CC3)C2=C1. The van der Waals surface area contributed by atoms with E-state index in [2.05, 4.69) is 20.5 Å². The summed E-state index contributed by atoms with van der Waals surface area (Å²) in [4.78, 5) is 36.7. The molecule has 1 saturated heterocycles. The number of likely N-dealkylation sites (N-methyl/N-ethyl adjacent to an activating group) is 1. The summed E-state index contributed by atoms with van der Waals surface area (Å²) in [6, 6.07) is 1.79. The van der Waals surface area contributed by atoms with Crippen molar-refractivity contribution in [2.24, 2.45) is 0 Å². The van der Waals surface area contributed by atoms with Crippen LogP contribution in [0.4, 0.5) is 4.79 Å². The molecule has 0 aromatic carbocycles. The fraction of sp³-hybridized carbons (Fsp3) is 0.552. The summed E-state index contributed by atoms with van der Waals surface area (Å²) in [5.74, 6) is 1.24. The maximum Gasteiger partial charge on any atom is 0.410 e. The number of nitrogens with one attached hydrogen (secondary N) is 2. The van der Waals surface area contributed by atoms with E-state index in [0.29, 0.717) is 37.9 Å². The van der Waals surface area contributed by atoms with Crippen LogP contribution in [0.5, 0.6) is 11.5 Å². The third-order valence-corrected chi connectivity index (χ3v) is 7.22. The number of dihydropyridines is 1. The maximum absolute atomic E-state index is 13.4. The van der Waals surface area contributed by atoms with Crippen LogP contribution in [0.15, 0.2) is 48.1 Å². The topological polar surface area (TPSA) is 109 Å². The summed E-state index contributed by atoms with van der Waals surface area (Å²) in [6.45, 7) is 11.7. The highest BCUT2D eigenvalue weighted by Gasteiger charge is 2.34. The third kappa shape index (κ3) is 6.52. The number of carbonyl (C=O) groups excluding carboxylic acids is 2. The third-order valence-electron chi connectivity index (χ3n) is 7.22. The largest absolute Gasteiger partial charge is 0.486 e. The van der Waals surface area contributed by atoms with Crippen LogP contribution < -0.4 is 20.1 Å². The van der Waals surface area contributed by atoms with Crippen molar-refractivity contribution >= 4 is 12.0 Å². The molecule has 0 bridgehead atoms. The Balaban J connectivity index is 1.26. The molecule has 1 aromatic heterocycles. The average molecular weight is 553 g/mol. The minimum atomic E-state index is -0.614. The molecule has 5 rings (SSSR count). The molecule has 11 nitrogen and oxygen atoms in total. The van der Waals surface area contributed by atoms with E-state index >= 15 is 0 Å². The molecule has 0 spiro atoms. The normalized spacial score (nSPS) is 21.1. The minimum absolute atomic E-state index is 0.0235. The molecule has 1 atom stereocenters. The van der Waals surface area contributed by atoms with Gasteiger partial charge in [-0.15, -0.1) is 0 Å². The van der Waals surface area contributed by atoms with Crippen molar-refractivity contribution in [3.05, 3.63) is 53.8 Å². The smallest absolute Gasteiger partial charge is 0.410 e. The van der Waals surface area contributed by atoms with Gasteiger partial charge < -0.3 is 24.8 Å². The van der Waals surface area contributed by atoms with Gasteiger partial charge in [-0.3, -0.25) is 24.5 Å². The molecule has 1 fully saturated rings. The summed E-state index contributed by atoms with van der Waals surface area (Å²) in [5.41, 5.74) is 2.00. The first-order valence-corrected chi connectivity index (χ1v) is 14.1. The Labute approximate surface area is 235 Å². The van der Waals surface area contributed by atoms with Crippen LogP contribution >= 0.6 is 0 Å². The Kier molecular flexibility index (Phi) is 8.20. The van der Waals surface area contributed by atoms with Crippen LogP contribution in [-0.2, 0) is 16.1 Å². The average Bonchev–Trinajstić information content (AvgIpc) is 2.93. The monoisotopic (exact) mass is 552 g/mol. The fourth-order valence-electron chi connectivity index (χ4n) is 5.29. The summed E-state index contributed by atoms with van der Waals surface area (Å²) in [6.07, 6.45) is 10.3. The molecular weight excluding hydrogens is 512 g/mol. The second-order valence-corrected chi connectivity index (χ2v) is 11.4. The zero-order valence-electron chi connectivity index (χ0n) is 23.8. The Morgan fingerprint density at radius 3 is 2.70 bits per heavy atom. The standard InChI is InChI=1S/C29H40N6O5/c1-5-30-20-14-24-23(32-16-20)6-7-27(36)35(24)19-33-10-8-22(9-11-33)34(28(37)40-29(2,3)4)18-21-15-25-26(17-31-21)39-13-12-38-25/h6-7,14-17,22-23,30,32H,5,8-13,18-19H2,1-4H3. The van der Waals surface area contributed by atoms with Gasteiger partial charge in [-0.1, -0.05) is 6.08 Å². The Morgan fingerprint density at radius 1 is 1.23 bits per heavy atom. The van der Waals surface area contributed by atoms with Crippen LogP contribution in [0.1, 0.15) is 46.2 Å². The number of fused-ring (bicyclic) bond motifs is 2. The number of pyridine rings is 1. The molecule has 0 radical (unpaired) electrons. The van der Waals surface area contributed by atoms with Gasteiger partial charge in [-0.05, 0) is 46.6 Å². The molecular formula is C29H40N6O5. The number of allylic oxidation sites excluding steroid dienone is 1. The lowest BCUT2D eigenvalue weighted by atomic mass is 10.0. The number of carbonyl (C=O) groups is 2. The van der Waals surface area contributed by atoms with E-state index < -0.39 is 5.60 Å². The molecule has 11 heteroatoms. The lowest BCUT2D eigenvalue weighted by Gasteiger charge is -2.42.